The first-order valence-corrected chi connectivity index (χ1v) is 12.3. The van der Waals surface area contributed by atoms with E-state index in [9.17, 15) is 4.79 Å². The molecule has 1 N–H and O–H groups in total. The van der Waals surface area contributed by atoms with Crippen LogP contribution in [0.15, 0.2) is 71.2 Å². The molecule has 0 spiro atoms. The zero-order valence-electron chi connectivity index (χ0n) is 17.9. The molecule has 2 aromatic carbocycles. The highest BCUT2D eigenvalue weighted by Crippen LogP contribution is 2.34. The molecule has 0 saturated carbocycles. The first-order valence-electron chi connectivity index (χ1n) is 10.5. The SMILES string of the molecule is C[C@H](Sc1nnc(-c2ccccc2)n1Cc1ccc2c(c1)OCO2)C(=O)NCc1cccs1. The van der Waals surface area contributed by atoms with Crippen LogP contribution in [-0.4, -0.2) is 32.7 Å². The number of ether oxygens (including phenoxy) is 2. The van der Waals surface area contributed by atoms with E-state index in [0.717, 1.165) is 33.3 Å². The van der Waals surface area contributed by atoms with Crippen molar-refractivity contribution in [2.75, 3.05) is 6.79 Å². The van der Waals surface area contributed by atoms with Gasteiger partial charge < -0.3 is 14.8 Å². The molecule has 0 radical (unpaired) electrons. The molecule has 1 aliphatic heterocycles. The Hall–Kier alpha value is -3.30. The van der Waals surface area contributed by atoms with E-state index >= 15 is 0 Å². The van der Waals surface area contributed by atoms with Crippen molar-refractivity contribution < 1.29 is 14.3 Å². The molecule has 0 unspecified atom stereocenters. The Morgan fingerprint density at radius 1 is 1.12 bits per heavy atom. The van der Waals surface area contributed by atoms with Gasteiger partial charge in [0.05, 0.1) is 18.3 Å². The third-order valence-electron chi connectivity index (χ3n) is 5.19. The standard InChI is InChI=1S/C24H22N4O3S2/c1-16(23(29)25-13-19-8-5-11-32-19)33-24-27-26-22(18-6-3-2-4-7-18)28(24)14-17-9-10-20-21(12-17)31-15-30-20/h2-12,16H,13-15H2,1H3,(H,25,29)/t16-/m0/s1. The molecule has 3 heterocycles. The minimum atomic E-state index is -0.326. The normalized spacial score (nSPS) is 13.1. The smallest absolute Gasteiger partial charge is 0.233 e. The second kappa shape index (κ2) is 9.68. The van der Waals surface area contributed by atoms with Crippen molar-refractivity contribution in [1.29, 1.82) is 0 Å². The van der Waals surface area contributed by atoms with E-state index in [1.165, 1.54) is 11.8 Å². The molecule has 0 aliphatic carbocycles. The monoisotopic (exact) mass is 478 g/mol. The van der Waals surface area contributed by atoms with Gasteiger partial charge in [-0.25, -0.2) is 0 Å². The third-order valence-corrected chi connectivity index (χ3v) is 7.15. The van der Waals surface area contributed by atoms with Crippen LogP contribution in [0.5, 0.6) is 11.5 Å². The summed E-state index contributed by atoms with van der Waals surface area (Å²) in [5.41, 5.74) is 2.00. The van der Waals surface area contributed by atoms with Crippen LogP contribution in [0, 0.1) is 0 Å². The lowest BCUT2D eigenvalue weighted by atomic mass is 10.2. The third kappa shape index (κ3) is 4.89. The Morgan fingerprint density at radius 2 is 1.97 bits per heavy atom. The summed E-state index contributed by atoms with van der Waals surface area (Å²) in [7, 11) is 0. The van der Waals surface area contributed by atoms with E-state index in [-0.39, 0.29) is 18.0 Å². The fourth-order valence-corrected chi connectivity index (χ4v) is 5.00. The van der Waals surface area contributed by atoms with Crippen molar-refractivity contribution >= 4 is 29.0 Å². The summed E-state index contributed by atoms with van der Waals surface area (Å²) >= 11 is 3.03. The van der Waals surface area contributed by atoms with Crippen LogP contribution < -0.4 is 14.8 Å². The molecule has 0 fully saturated rings. The Bertz CT molecular complexity index is 1240. The maximum Gasteiger partial charge on any atom is 0.233 e. The number of benzene rings is 2. The number of nitrogens with zero attached hydrogens (tertiary/aromatic N) is 3. The van der Waals surface area contributed by atoms with Gasteiger partial charge in [-0.15, -0.1) is 21.5 Å². The number of hydrogen-bond acceptors (Lipinski definition) is 7. The Kier molecular flexibility index (Phi) is 6.32. The second-order valence-electron chi connectivity index (χ2n) is 7.50. The van der Waals surface area contributed by atoms with Crippen LogP contribution in [0.1, 0.15) is 17.4 Å². The summed E-state index contributed by atoms with van der Waals surface area (Å²) in [4.78, 5) is 13.8. The highest BCUT2D eigenvalue weighted by Gasteiger charge is 2.22. The van der Waals surface area contributed by atoms with Gasteiger partial charge in [-0.1, -0.05) is 54.2 Å². The average Bonchev–Trinajstić information content (AvgIpc) is 3.60. The maximum absolute atomic E-state index is 12.7. The molecule has 7 nitrogen and oxygen atoms in total. The van der Waals surface area contributed by atoms with Crippen molar-refractivity contribution in [3.63, 3.8) is 0 Å². The second-order valence-corrected chi connectivity index (χ2v) is 9.84. The van der Waals surface area contributed by atoms with Crippen molar-refractivity contribution in [3.8, 4) is 22.9 Å². The number of amides is 1. The van der Waals surface area contributed by atoms with Crippen LogP contribution in [0.2, 0.25) is 0 Å². The van der Waals surface area contributed by atoms with Crippen molar-refractivity contribution in [2.24, 2.45) is 0 Å². The number of carbonyl (C=O) groups excluding carboxylic acids is 1. The van der Waals surface area contributed by atoms with Gasteiger partial charge in [0.2, 0.25) is 12.7 Å². The minimum absolute atomic E-state index is 0.0349. The Labute approximate surface area is 199 Å². The maximum atomic E-state index is 12.7. The zero-order valence-corrected chi connectivity index (χ0v) is 19.6. The summed E-state index contributed by atoms with van der Waals surface area (Å²) in [6, 6.07) is 19.8. The number of rotatable bonds is 8. The number of aromatic nitrogens is 3. The molecule has 4 aromatic rings. The highest BCUT2D eigenvalue weighted by molar-refractivity contribution is 8.00. The molecule has 0 bridgehead atoms. The number of thioether (sulfide) groups is 1. The largest absolute Gasteiger partial charge is 0.454 e. The molecule has 0 saturated heterocycles. The summed E-state index contributed by atoms with van der Waals surface area (Å²) in [6.45, 7) is 3.19. The molecule has 5 rings (SSSR count). The summed E-state index contributed by atoms with van der Waals surface area (Å²) in [6.07, 6.45) is 0. The minimum Gasteiger partial charge on any atom is -0.454 e. The molecule has 168 valence electrons. The van der Waals surface area contributed by atoms with Crippen LogP contribution in [0.3, 0.4) is 0 Å². The fraction of sp³-hybridized carbons (Fsp3) is 0.208. The molecule has 1 aliphatic rings. The molecule has 1 atom stereocenters. The molecule has 9 heteroatoms. The summed E-state index contributed by atoms with van der Waals surface area (Å²) in [5.74, 6) is 2.20. The number of carbonyl (C=O) groups is 1. The van der Waals surface area contributed by atoms with Crippen LogP contribution in [-0.2, 0) is 17.9 Å². The van der Waals surface area contributed by atoms with E-state index in [2.05, 4.69) is 15.5 Å². The van der Waals surface area contributed by atoms with E-state index in [1.54, 1.807) is 11.3 Å². The number of fused-ring (bicyclic) bond motifs is 1. The van der Waals surface area contributed by atoms with Gasteiger partial charge >= 0.3 is 0 Å². The zero-order chi connectivity index (χ0) is 22.6. The molecule has 1 amide bonds. The van der Waals surface area contributed by atoms with Gasteiger partial charge in [0.15, 0.2) is 22.5 Å². The number of thiophene rings is 1. The molecule has 33 heavy (non-hydrogen) atoms. The van der Waals surface area contributed by atoms with Gasteiger partial charge in [-0.2, -0.15) is 0 Å². The summed E-state index contributed by atoms with van der Waals surface area (Å²) < 4.78 is 13.0. The van der Waals surface area contributed by atoms with Gasteiger partial charge in [0, 0.05) is 10.4 Å². The molecular weight excluding hydrogens is 456 g/mol. The van der Waals surface area contributed by atoms with Crippen molar-refractivity contribution in [3.05, 3.63) is 76.5 Å². The van der Waals surface area contributed by atoms with Gasteiger partial charge in [0.25, 0.3) is 0 Å². The first kappa shape index (κ1) is 21.5. The van der Waals surface area contributed by atoms with Crippen LogP contribution in [0.4, 0.5) is 0 Å². The van der Waals surface area contributed by atoms with Gasteiger partial charge in [-0.05, 0) is 36.1 Å². The average molecular weight is 479 g/mol. The van der Waals surface area contributed by atoms with E-state index in [4.69, 9.17) is 9.47 Å². The summed E-state index contributed by atoms with van der Waals surface area (Å²) in [5, 5.41) is 14.3. The van der Waals surface area contributed by atoms with E-state index in [1.807, 2.05) is 77.5 Å². The van der Waals surface area contributed by atoms with Gasteiger partial charge in [-0.3, -0.25) is 9.36 Å². The first-order chi connectivity index (χ1) is 16.2. The quantitative estimate of drug-likeness (QED) is 0.374. The highest BCUT2D eigenvalue weighted by atomic mass is 32.2. The van der Waals surface area contributed by atoms with Gasteiger partial charge in [0.1, 0.15) is 0 Å². The van der Waals surface area contributed by atoms with E-state index in [0.29, 0.717) is 18.2 Å². The topological polar surface area (TPSA) is 78.3 Å². The Morgan fingerprint density at radius 3 is 2.79 bits per heavy atom. The van der Waals surface area contributed by atoms with Crippen molar-refractivity contribution in [2.45, 2.75) is 30.4 Å². The van der Waals surface area contributed by atoms with Crippen molar-refractivity contribution in [1.82, 2.24) is 20.1 Å². The lowest BCUT2D eigenvalue weighted by Crippen LogP contribution is -2.30. The van der Waals surface area contributed by atoms with E-state index < -0.39 is 0 Å². The van der Waals surface area contributed by atoms with Crippen LogP contribution in [0.25, 0.3) is 11.4 Å². The number of nitrogens with one attached hydrogen (secondary N) is 1. The lowest BCUT2D eigenvalue weighted by Gasteiger charge is -2.14. The number of hydrogen-bond donors (Lipinski definition) is 1. The fourth-order valence-electron chi connectivity index (χ4n) is 3.48. The molecule has 2 aromatic heterocycles. The molecular formula is C24H22N4O3S2. The predicted octanol–water partition coefficient (Wildman–Crippen LogP) is 4.58. The predicted molar refractivity (Wildman–Crippen MR) is 129 cm³/mol. The lowest BCUT2D eigenvalue weighted by molar-refractivity contribution is -0.120. The Balaban J connectivity index is 1.38. The van der Waals surface area contributed by atoms with Crippen LogP contribution >= 0.6 is 23.1 Å².